The first-order valence-corrected chi connectivity index (χ1v) is 16.1. The van der Waals surface area contributed by atoms with E-state index in [-0.39, 0.29) is 29.1 Å². The fourth-order valence-corrected chi connectivity index (χ4v) is 6.13. The van der Waals surface area contributed by atoms with E-state index in [9.17, 15) is 4.79 Å². The number of ether oxygens (including phenoxy) is 1. The summed E-state index contributed by atoms with van der Waals surface area (Å²) in [6, 6.07) is 9.48. The number of benzene rings is 1. The summed E-state index contributed by atoms with van der Waals surface area (Å²) in [5.41, 5.74) is 0.675. The predicted molar refractivity (Wildman–Crippen MR) is 159 cm³/mol. The number of rotatable bonds is 21. The number of nitrogens with zero attached hydrogens (tertiary/aromatic N) is 1. The SMILES string of the molecule is CCCCCCCCCCCCCCCCCC[N+](C)(C)C[C@H]1CCCC[C@@H]1OC(=O)c1ccccc1.[Br-]. The van der Waals surface area contributed by atoms with Crippen molar-refractivity contribution in [3.05, 3.63) is 35.9 Å². The molecule has 0 spiro atoms. The molecule has 0 aliphatic heterocycles. The lowest BCUT2D eigenvalue weighted by Crippen LogP contribution is -3.00. The maximum absolute atomic E-state index is 12.6. The third-order valence-corrected chi connectivity index (χ3v) is 8.45. The van der Waals surface area contributed by atoms with Gasteiger partial charge in [-0.25, -0.2) is 4.79 Å². The highest BCUT2D eigenvalue weighted by Crippen LogP contribution is 2.30. The Balaban J connectivity index is 0.00000722. The van der Waals surface area contributed by atoms with Crippen molar-refractivity contribution in [2.75, 3.05) is 27.2 Å². The van der Waals surface area contributed by atoms with E-state index in [0.29, 0.717) is 11.5 Å². The van der Waals surface area contributed by atoms with Crippen molar-refractivity contribution in [3.63, 3.8) is 0 Å². The molecule has 4 heteroatoms. The van der Waals surface area contributed by atoms with Gasteiger partial charge >= 0.3 is 5.97 Å². The highest BCUT2D eigenvalue weighted by molar-refractivity contribution is 5.89. The number of hydrogen-bond acceptors (Lipinski definition) is 2. The molecule has 2 atom stereocenters. The number of unbranched alkanes of at least 4 members (excludes halogenated alkanes) is 15. The van der Waals surface area contributed by atoms with Crippen molar-refractivity contribution < 1.29 is 31.0 Å². The molecule has 0 bridgehead atoms. The molecule has 38 heavy (non-hydrogen) atoms. The zero-order valence-corrected chi connectivity index (χ0v) is 26.8. The lowest BCUT2D eigenvalue weighted by atomic mass is 9.85. The highest BCUT2D eigenvalue weighted by Gasteiger charge is 2.33. The molecule has 3 nitrogen and oxygen atoms in total. The molecule has 0 unspecified atom stereocenters. The van der Waals surface area contributed by atoms with Gasteiger partial charge in [-0.2, -0.15) is 0 Å². The summed E-state index contributed by atoms with van der Waals surface area (Å²) in [5.74, 6) is 0.332. The van der Waals surface area contributed by atoms with Gasteiger partial charge in [0, 0.05) is 5.92 Å². The van der Waals surface area contributed by atoms with Crippen molar-refractivity contribution >= 4 is 5.97 Å². The Morgan fingerprint density at radius 1 is 0.737 bits per heavy atom. The van der Waals surface area contributed by atoms with Crippen LogP contribution in [0.15, 0.2) is 30.3 Å². The molecule has 0 amide bonds. The molecule has 1 aromatic rings. The molecule has 0 aromatic heterocycles. The van der Waals surface area contributed by atoms with E-state index in [0.717, 1.165) is 17.4 Å². The lowest BCUT2D eigenvalue weighted by molar-refractivity contribution is -0.894. The zero-order valence-electron chi connectivity index (χ0n) is 25.2. The monoisotopic (exact) mass is 593 g/mol. The molecule has 1 saturated carbocycles. The van der Waals surface area contributed by atoms with Gasteiger partial charge in [-0.3, -0.25) is 0 Å². The van der Waals surface area contributed by atoms with Crippen LogP contribution >= 0.6 is 0 Å². The van der Waals surface area contributed by atoms with Gasteiger partial charge in [0.15, 0.2) is 0 Å². The van der Waals surface area contributed by atoms with Crippen molar-refractivity contribution in [1.29, 1.82) is 0 Å². The van der Waals surface area contributed by atoms with Crippen LogP contribution in [0.2, 0.25) is 0 Å². The Morgan fingerprint density at radius 2 is 1.21 bits per heavy atom. The molecule has 220 valence electrons. The van der Waals surface area contributed by atoms with Gasteiger partial charge in [0.2, 0.25) is 0 Å². The minimum absolute atomic E-state index is 0. The standard InChI is InChI=1S/C34H60NO2.BrH/c1-4-5-6-7-8-9-10-11-12-13-14-15-16-17-18-24-29-35(2,3)30-32-27-22-23-28-33(32)37-34(36)31-25-20-19-21-26-31;/h19-21,25-26,32-33H,4-18,22-24,27-30H2,1-3H3;1H/q+1;/p-1/t32-,33+;/m1./s1. The maximum Gasteiger partial charge on any atom is 0.338 e. The van der Waals surface area contributed by atoms with Crippen molar-refractivity contribution in [3.8, 4) is 0 Å². The normalized spacial score (nSPS) is 17.7. The van der Waals surface area contributed by atoms with Crippen LogP contribution in [0.5, 0.6) is 0 Å². The Hall–Kier alpha value is -0.870. The van der Waals surface area contributed by atoms with E-state index in [4.69, 9.17) is 4.74 Å². The second kappa shape index (κ2) is 21.9. The summed E-state index contributed by atoms with van der Waals surface area (Å²) in [5, 5.41) is 0. The average molecular weight is 595 g/mol. The minimum atomic E-state index is -0.152. The summed E-state index contributed by atoms with van der Waals surface area (Å²) in [7, 11) is 4.74. The Kier molecular flexibility index (Phi) is 20.3. The summed E-state index contributed by atoms with van der Waals surface area (Å²) in [4.78, 5) is 12.6. The van der Waals surface area contributed by atoms with E-state index >= 15 is 0 Å². The van der Waals surface area contributed by atoms with Crippen molar-refractivity contribution in [2.24, 2.45) is 5.92 Å². The highest BCUT2D eigenvalue weighted by atomic mass is 79.9. The van der Waals surface area contributed by atoms with Crippen LogP contribution in [-0.2, 0) is 4.74 Å². The lowest BCUT2D eigenvalue weighted by Gasteiger charge is -2.38. The molecular weight excluding hydrogens is 534 g/mol. The van der Waals surface area contributed by atoms with Gasteiger partial charge < -0.3 is 26.2 Å². The van der Waals surface area contributed by atoms with Crippen LogP contribution in [0.3, 0.4) is 0 Å². The number of carbonyl (C=O) groups excluding carboxylic acids is 1. The molecule has 0 saturated heterocycles. The van der Waals surface area contributed by atoms with Gasteiger partial charge in [0.05, 0.1) is 32.7 Å². The van der Waals surface area contributed by atoms with Crippen LogP contribution in [-0.4, -0.2) is 43.7 Å². The average Bonchev–Trinajstić information content (AvgIpc) is 2.90. The smallest absolute Gasteiger partial charge is 0.338 e. The summed E-state index contributed by atoms with van der Waals surface area (Å²) < 4.78 is 7.07. The third kappa shape index (κ3) is 16.3. The molecule has 0 N–H and O–H groups in total. The first-order chi connectivity index (χ1) is 18.0. The second-order valence-electron chi connectivity index (χ2n) is 12.5. The Bertz CT molecular complexity index is 693. The van der Waals surface area contributed by atoms with Crippen molar-refractivity contribution in [2.45, 2.75) is 141 Å². The molecule has 1 aromatic carbocycles. The molecule has 2 rings (SSSR count). The zero-order chi connectivity index (χ0) is 26.6. The van der Waals surface area contributed by atoms with E-state index in [1.165, 1.54) is 129 Å². The van der Waals surface area contributed by atoms with Gasteiger partial charge in [0.25, 0.3) is 0 Å². The summed E-state index contributed by atoms with van der Waals surface area (Å²) in [6.07, 6.45) is 27.4. The van der Waals surface area contributed by atoms with Gasteiger partial charge in [-0.05, 0) is 44.2 Å². The number of quaternary nitrogens is 1. The van der Waals surface area contributed by atoms with Crippen LogP contribution in [0.25, 0.3) is 0 Å². The van der Waals surface area contributed by atoms with Gasteiger partial charge in [0.1, 0.15) is 6.10 Å². The molecule has 1 aliphatic rings. The van der Waals surface area contributed by atoms with E-state index in [1.54, 1.807) is 0 Å². The molecule has 1 aliphatic carbocycles. The number of halogens is 1. The Labute approximate surface area is 246 Å². The number of esters is 1. The molecule has 0 radical (unpaired) electrons. The van der Waals surface area contributed by atoms with Gasteiger partial charge in [-0.1, -0.05) is 121 Å². The quantitative estimate of drug-likeness (QED) is 0.0895. The molecule has 0 heterocycles. The fourth-order valence-electron chi connectivity index (χ4n) is 6.13. The summed E-state index contributed by atoms with van der Waals surface area (Å²) in [6.45, 7) is 4.64. The van der Waals surface area contributed by atoms with E-state index in [2.05, 4.69) is 21.0 Å². The first kappa shape index (κ1) is 35.2. The van der Waals surface area contributed by atoms with Crippen LogP contribution in [0.4, 0.5) is 0 Å². The topological polar surface area (TPSA) is 26.3 Å². The van der Waals surface area contributed by atoms with E-state index < -0.39 is 0 Å². The minimum Gasteiger partial charge on any atom is -1.00 e. The van der Waals surface area contributed by atoms with Crippen LogP contribution < -0.4 is 17.0 Å². The maximum atomic E-state index is 12.6. The third-order valence-electron chi connectivity index (χ3n) is 8.45. The first-order valence-electron chi connectivity index (χ1n) is 16.1. The van der Waals surface area contributed by atoms with E-state index in [1.807, 2.05) is 30.3 Å². The van der Waals surface area contributed by atoms with Crippen LogP contribution in [0.1, 0.15) is 146 Å². The van der Waals surface area contributed by atoms with Crippen LogP contribution in [0, 0.1) is 5.92 Å². The molecule has 1 fully saturated rings. The predicted octanol–water partition coefficient (Wildman–Crippen LogP) is 6.74. The fraction of sp³-hybridized carbons (Fsp3) is 0.794. The summed E-state index contributed by atoms with van der Waals surface area (Å²) >= 11 is 0. The van der Waals surface area contributed by atoms with Gasteiger partial charge in [-0.15, -0.1) is 0 Å². The molecular formula is C34H60BrNO2. The number of carbonyl (C=O) groups is 1. The van der Waals surface area contributed by atoms with Crippen molar-refractivity contribution in [1.82, 2.24) is 0 Å². The number of hydrogen-bond donors (Lipinski definition) is 0. The largest absolute Gasteiger partial charge is 1.00 e. The second-order valence-corrected chi connectivity index (χ2v) is 12.5. The Morgan fingerprint density at radius 3 is 1.74 bits per heavy atom.